The molecule has 0 fully saturated rings. The van der Waals surface area contributed by atoms with Crippen molar-refractivity contribution in [1.29, 1.82) is 10.5 Å². The molecule has 0 aliphatic heterocycles. The van der Waals surface area contributed by atoms with Crippen molar-refractivity contribution in [2.75, 3.05) is 28.4 Å². The van der Waals surface area contributed by atoms with Gasteiger partial charge in [0.25, 0.3) is 0 Å². The molecule has 0 unspecified atom stereocenters. The number of nitriles is 2. The molecule has 0 saturated carbocycles. The van der Waals surface area contributed by atoms with Gasteiger partial charge in [-0.05, 0) is 29.6 Å². The molecule has 0 atom stereocenters. The van der Waals surface area contributed by atoms with Crippen LogP contribution in [0.1, 0.15) is 25.7 Å². The molecule has 176 valence electrons. The van der Waals surface area contributed by atoms with E-state index in [-0.39, 0.29) is 41.0 Å². The molecule has 0 aromatic carbocycles. The highest BCUT2D eigenvalue weighted by atomic mass is 35.5. The smallest absolute Gasteiger partial charge is 0.323 e. The number of carbonyl (C=O) groups excluding carboxylic acids is 4. The Hall–Kier alpha value is -3.08. The largest absolute Gasteiger partial charge is 0.468 e. The van der Waals surface area contributed by atoms with Gasteiger partial charge in [0.2, 0.25) is 4.87 Å². The van der Waals surface area contributed by atoms with Crippen molar-refractivity contribution in [3.05, 3.63) is 21.8 Å². The van der Waals surface area contributed by atoms with Gasteiger partial charge >= 0.3 is 23.9 Å². The first kappa shape index (κ1) is 26.2. The molecular weight excluding hydrogens is 479 g/mol. The second kappa shape index (κ2) is 9.42. The molecule has 12 heteroatoms. The fourth-order valence-electron chi connectivity index (χ4n) is 4.29. The van der Waals surface area contributed by atoms with E-state index < -0.39 is 46.0 Å². The van der Waals surface area contributed by atoms with Crippen molar-refractivity contribution >= 4 is 47.1 Å². The van der Waals surface area contributed by atoms with Gasteiger partial charge in [-0.1, -0.05) is 23.2 Å². The highest BCUT2D eigenvalue weighted by molar-refractivity contribution is 6.32. The lowest BCUT2D eigenvalue weighted by Crippen LogP contribution is -2.49. The number of ether oxygens (including phenoxy) is 4. The van der Waals surface area contributed by atoms with Crippen LogP contribution < -0.4 is 0 Å². The van der Waals surface area contributed by atoms with E-state index >= 15 is 0 Å². The van der Waals surface area contributed by atoms with Gasteiger partial charge in [-0.2, -0.15) is 10.5 Å². The van der Waals surface area contributed by atoms with E-state index in [9.17, 15) is 29.7 Å². The normalized spacial score (nSPS) is 18.8. The Balaban J connectivity index is 2.95. The Morgan fingerprint density at radius 2 is 1.12 bits per heavy atom. The summed E-state index contributed by atoms with van der Waals surface area (Å²) in [6, 6.07) is 3.31. The highest BCUT2D eigenvalue weighted by Crippen LogP contribution is 2.56. The molecule has 0 aromatic rings. The van der Waals surface area contributed by atoms with Gasteiger partial charge in [-0.25, -0.2) is 0 Å². The van der Waals surface area contributed by atoms with E-state index in [0.717, 1.165) is 28.4 Å². The molecular formula is C21H20Cl2N2O8. The number of fused-ring (bicyclic) bond motifs is 1. The van der Waals surface area contributed by atoms with Crippen LogP contribution in [0.15, 0.2) is 21.8 Å². The van der Waals surface area contributed by atoms with Crippen molar-refractivity contribution in [2.24, 2.45) is 10.8 Å². The van der Waals surface area contributed by atoms with E-state index in [2.05, 4.69) is 0 Å². The summed E-state index contributed by atoms with van der Waals surface area (Å²) < 4.78 is 19.3. The zero-order valence-corrected chi connectivity index (χ0v) is 19.8. The summed E-state index contributed by atoms with van der Waals surface area (Å²) in [5, 5.41) is 19.3. The van der Waals surface area contributed by atoms with Crippen LogP contribution >= 0.6 is 23.2 Å². The molecule has 10 nitrogen and oxygen atoms in total. The summed E-state index contributed by atoms with van der Waals surface area (Å²) >= 11 is 12.8. The minimum atomic E-state index is -2.36. The molecule has 0 radical (unpaired) electrons. The molecule has 0 saturated heterocycles. The third kappa shape index (κ3) is 3.94. The SMILES string of the molecule is COC(=O)C1(C(=O)OC)CC(Cl)=C2CC(C(=O)OC)(C(=O)OC)CC(C(Cl)(C#N)C#N)=C2C1. The molecule has 0 spiro atoms. The maximum Gasteiger partial charge on any atom is 0.323 e. The van der Waals surface area contributed by atoms with Gasteiger partial charge in [0.1, 0.15) is 12.1 Å². The maximum atomic E-state index is 12.8. The number of nitrogens with zero attached hydrogens (tertiary/aromatic N) is 2. The number of hydrogen-bond donors (Lipinski definition) is 0. The maximum absolute atomic E-state index is 12.8. The van der Waals surface area contributed by atoms with Gasteiger partial charge < -0.3 is 18.9 Å². The third-order valence-electron chi connectivity index (χ3n) is 5.98. The molecule has 0 N–H and O–H groups in total. The third-order valence-corrected chi connectivity index (χ3v) is 6.74. The van der Waals surface area contributed by atoms with Crippen LogP contribution in [0.2, 0.25) is 0 Å². The first-order valence-electron chi connectivity index (χ1n) is 9.42. The van der Waals surface area contributed by atoms with Crippen LogP contribution in [0.4, 0.5) is 0 Å². The fourth-order valence-corrected chi connectivity index (χ4v) is 4.88. The first-order chi connectivity index (χ1) is 15.5. The molecule has 2 rings (SSSR count). The second-order valence-electron chi connectivity index (χ2n) is 7.56. The predicted molar refractivity (Wildman–Crippen MR) is 111 cm³/mol. The van der Waals surface area contributed by atoms with Crippen LogP contribution in [-0.4, -0.2) is 57.2 Å². The number of halogens is 2. The number of carbonyl (C=O) groups is 4. The van der Waals surface area contributed by atoms with Crippen LogP contribution in [0.5, 0.6) is 0 Å². The topological polar surface area (TPSA) is 153 Å². The quantitative estimate of drug-likeness (QED) is 0.238. The summed E-state index contributed by atoms with van der Waals surface area (Å²) in [6.07, 6.45) is -1.62. The summed E-state index contributed by atoms with van der Waals surface area (Å²) in [4.78, 5) is 48.6. The summed E-state index contributed by atoms with van der Waals surface area (Å²) in [7, 11) is 4.27. The van der Waals surface area contributed by atoms with Gasteiger partial charge in [0, 0.05) is 17.9 Å². The Bertz CT molecular complexity index is 1020. The van der Waals surface area contributed by atoms with Crippen molar-refractivity contribution < 1.29 is 38.1 Å². The molecule has 0 bridgehead atoms. The Morgan fingerprint density at radius 1 is 0.758 bits per heavy atom. The van der Waals surface area contributed by atoms with E-state index in [1.54, 1.807) is 12.1 Å². The van der Waals surface area contributed by atoms with Crippen LogP contribution in [0.25, 0.3) is 0 Å². The zero-order valence-electron chi connectivity index (χ0n) is 18.2. The van der Waals surface area contributed by atoms with E-state index in [1.165, 1.54) is 0 Å². The van der Waals surface area contributed by atoms with Gasteiger partial charge in [0.15, 0.2) is 10.8 Å². The number of methoxy groups -OCH3 is 4. The Kier molecular flexibility index (Phi) is 7.47. The van der Waals surface area contributed by atoms with Crippen molar-refractivity contribution in [3.8, 4) is 12.1 Å². The monoisotopic (exact) mass is 498 g/mol. The lowest BCUT2D eigenvalue weighted by Gasteiger charge is -2.43. The molecule has 2 aliphatic rings. The van der Waals surface area contributed by atoms with E-state index in [0.29, 0.717) is 0 Å². The average Bonchev–Trinajstić information content (AvgIpc) is 2.85. The lowest BCUT2D eigenvalue weighted by molar-refractivity contribution is -0.172. The predicted octanol–water partition coefficient (Wildman–Crippen LogP) is 2.05. The molecule has 0 heterocycles. The minimum absolute atomic E-state index is 0.0728. The first-order valence-corrected chi connectivity index (χ1v) is 10.2. The summed E-state index contributed by atoms with van der Waals surface area (Å²) in [5.74, 6) is -3.89. The molecule has 2 aliphatic carbocycles. The lowest BCUT2D eigenvalue weighted by atomic mass is 9.61. The summed E-state index contributed by atoms with van der Waals surface area (Å²) in [5.41, 5.74) is -3.82. The molecule has 0 amide bonds. The number of hydrogen-bond acceptors (Lipinski definition) is 10. The molecule has 0 aromatic heterocycles. The molecule has 33 heavy (non-hydrogen) atoms. The van der Waals surface area contributed by atoms with E-state index in [1.807, 2.05) is 0 Å². The van der Waals surface area contributed by atoms with Crippen LogP contribution in [0, 0.1) is 33.5 Å². The van der Waals surface area contributed by atoms with Crippen molar-refractivity contribution in [1.82, 2.24) is 0 Å². The number of alkyl halides is 1. The fraction of sp³-hybridized carbons (Fsp3) is 0.524. The average molecular weight is 499 g/mol. The number of esters is 4. The highest BCUT2D eigenvalue weighted by Gasteiger charge is 2.60. The Morgan fingerprint density at radius 3 is 1.48 bits per heavy atom. The van der Waals surface area contributed by atoms with Crippen LogP contribution in [0.3, 0.4) is 0 Å². The summed E-state index contributed by atoms with van der Waals surface area (Å²) in [6.45, 7) is 0. The van der Waals surface area contributed by atoms with E-state index in [4.69, 9.17) is 42.1 Å². The van der Waals surface area contributed by atoms with Gasteiger partial charge in [-0.15, -0.1) is 0 Å². The number of rotatable bonds is 5. The van der Waals surface area contributed by atoms with Gasteiger partial charge in [-0.3, -0.25) is 19.2 Å². The van der Waals surface area contributed by atoms with Gasteiger partial charge in [0.05, 0.1) is 28.4 Å². The standard InChI is InChI=1S/C21H20Cl2N2O8/c1-30-15(26)19(16(27)31-2)6-12-11(13(7-19)21(23,9-24)10-25)5-20(8-14(12)22,17(28)32-3)18(29)33-4/h5-8H2,1-4H3. The second-order valence-corrected chi connectivity index (χ2v) is 8.58. The Labute approximate surface area is 199 Å². The zero-order chi connectivity index (χ0) is 25.2. The minimum Gasteiger partial charge on any atom is -0.468 e. The van der Waals surface area contributed by atoms with Crippen molar-refractivity contribution in [2.45, 2.75) is 30.6 Å². The number of allylic oxidation sites excluding steroid dienone is 4. The van der Waals surface area contributed by atoms with Crippen molar-refractivity contribution in [3.63, 3.8) is 0 Å². The van der Waals surface area contributed by atoms with Crippen LogP contribution in [-0.2, 0) is 38.1 Å².